The fourth-order valence-electron chi connectivity index (χ4n) is 7.79. The van der Waals surface area contributed by atoms with Gasteiger partial charge in [-0.1, -0.05) is 135 Å². The van der Waals surface area contributed by atoms with Crippen molar-refractivity contribution in [2.45, 2.75) is 19.3 Å². The van der Waals surface area contributed by atoms with Gasteiger partial charge in [-0.25, -0.2) is 15.0 Å². The first-order valence-corrected chi connectivity index (χ1v) is 17.2. The van der Waals surface area contributed by atoms with Crippen LogP contribution in [0.5, 0.6) is 0 Å². The van der Waals surface area contributed by atoms with Crippen molar-refractivity contribution >= 4 is 43.7 Å². The first-order chi connectivity index (χ1) is 30.2. The lowest BCUT2D eigenvalue weighted by Crippen LogP contribution is -2.14. The van der Waals surface area contributed by atoms with Crippen molar-refractivity contribution in [3.05, 3.63) is 169 Å². The predicted molar refractivity (Wildman–Crippen MR) is 215 cm³/mol. The molecule has 5 nitrogen and oxygen atoms in total. The highest BCUT2D eigenvalue weighted by atomic mass is 16.3. The van der Waals surface area contributed by atoms with E-state index in [9.17, 15) is 5.48 Å². The molecule has 0 aliphatic heterocycles. The molecule has 0 saturated heterocycles. The Labute approximate surface area is 319 Å². The van der Waals surface area contributed by atoms with Crippen LogP contribution in [0.4, 0.5) is 0 Å². The Morgan fingerprint density at radius 1 is 0.547 bits per heavy atom. The Hall–Kier alpha value is -6.85. The highest BCUT2D eigenvalue weighted by molar-refractivity contribution is 6.19. The second-order valence-electron chi connectivity index (χ2n) is 13.7. The summed E-state index contributed by atoms with van der Waals surface area (Å²) in [6, 6.07) is 26.5. The van der Waals surface area contributed by atoms with E-state index >= 15 is 0 Å². The summed E-state index contributed by atoms with van der Waals surface area (Å²) >= 11 is 0. The van der Waals surface area contributed by atoms with Crippen LogP contribution in [0.15, 0.2) is 162 Å². The third-order valence-electron chi connectivity index (χ3n) is 10.3. The summed E-state index contributed by atoms with van der Waals surface area (Å²) in [6.07, 6.45) is 0. The van der Waals surface area contributed by atoms with E-state index in [0.29, 0.717) is 50.7 Å². The molecule has 0 fully saturated rings. The maximum atomic E-state index is 9.68. The highest BCUT2D eigenvalue weighted by Gasteiger charge is 2.37. The van der Waals surface area contributed by atoms with Crippen molar-refractivity contribution in [3.8, 4) is 51.0 Å². The predicted octanol–water partition coefficient (Wildman–Crippen LogP) is 12.2. The van der Waals surface area contributed by atoms with Crippen molar-refractivity contribution in [1.82, 2.24) is 19.5 Å². The molecule has 0 saturated carbocycles. The molecule has 0 N–H and O–H groups in total. The van der Waals surface area contributed by atoms with E-state index in [4.69, 9.17) is 27.6 Å². The van der Waals surface area contributed by atoms with Gasteiger partial charge in [0.05, 0.1) is 35.8 Å². The smallest absolute Gasteiger partial charge is 0.164 e. The number of benzene rings is 7. The van der Waals surface area contributed by atoms with Crippen molar-refractivity contribution in [2.24, 2.45) is 0 Å². The van der Waals surface area contributed by atoms with Crippen molar-refractivity contribution in [2.75, 3.05) is 0 Å². The summed E-state index contributed by atoms with van der Waals surface area (Å²) in [5, 5.41) is 1.50. The molecule has 250 valence electrons. The van der Waals surface area contributed by atoms with Gasteiger partial charge in [0.15, 0.2) is 17.5 Å². The Bertz CT molecular complexity index is 3600. The summed E-state index contributed by atoms with van der Waals surface area (Å²) in [6.45, 7) is 3.51. The Morgan fingerprint density at radius 3 is 1.98 bits per heavy atom. The molecule has 0 spiro atoms. The Balaban J connectivity index is 1.22. The third-order valence-corrected chi connectivity index (χ3v) is 10.3. The lowest BCUT2D eigenvalue weighted by atomic mass is 9.82. The third kappa shape index (κ3) is 4.34. The van der Waals surface area contributed by atoms with Gasteiger partial charge in [0.25, 0.3) is 0 Å². The van der Waals surface area contributed by atoms with E-state index in [1.165, 1.54) is 0 Å². The molecule has 0 bridgehead atoms. The highest BCUT2D eigenvalue weighted by Crippen LogP contribution is 2.53. The molecule has 53 heavy (non-hydrogen) atoms. The Kier molecular flexibility index (Phi) is 4.49. The number of fused-ring (bicyclic) bond motifs is 10. The molecule has 7 aromatic carbocycles. The number of rotatable bonds is 4. The van der Waals surface area contributed by atoms with Gasteiger partial charge in [0, 0.05) is 38.3 Å². The summed E-state index contributed by atoms with van der Waals surface area (Å²) in [5.74, 6) is 1.41. The lowest BCUT2D eigenvalue weighted by Gasteiger charge is -2.21. The van der Waals surface area contributed by atoms with Gasteiger partial charge < -0.3 is 8.98 Å². The van der Waals surface area contributed by atoms with Crippen LogP contribution in [0, 0.1) is 0 Å². The molecule has 10 aromatic rings. The van der Waals surface area contributed by atoms with Crippen molar-refractivity contribution < 1.29 is 18.1 Å². The first-order valence-electron chi connectivity index (χ1n) is 22.2. The van der Waals surface area contributed by atoms with E-state index < -0.39 is 29.6 Å². The number of aromatic nitrogens is 4. The SMILES string of the molecule is [2H]c1c([2H])c([2H])c2c(c1[2H])-c1c(c([2H])c([2H])c3c1c1c([2H])c([2H])c([2H])c([2H])c1n3-c1cccc3oc4cc(-c5nc(-c6ccccc6)nc(-c6ccccc6)n5)ccc4c13)C2(C)C. The van der Waals surface area contributed by atoms with Crippen LogP contribution in [0.3, 0.4) is 0 Å². The van der Waals surface area contributed by atoms with E-state index in [1.54, 1.807) is 36.6 Å². The van der Waals surface area contributed by atoms with E-state index in [0.717, 1.165) is 11.1 Å². The van der Waals surface area contributed by atoms with Gasteiger partial charge in [-0.3, -0.25) is 0 Å². The van der Waals surface area contributed by atoms with Crippen LogP contribution >= 0.6 is 0 Å². The fourth-order valence-corrected chi connectivity index (χ4v) is 7.79. The van der Waals surface area contributed by atoms with E-state index in [2.05, 4.69) is 0 Å². The second kappa shape index (κ2) is 11.1. The summed E-state index contributed by atoms with van der Waals surface area (Å²) in [7, 11) is 0. The number of para-hydroxylation sites is 1. The largest absolute Gasteiger partial charge is 0.456 e. The molecule has 3 aromatic heterocycles. The molecule has 0 atom stereocenters. The molecule has 0 amide bonds. The summed E-state index contributed by atoms with van der Waals surface area (Å²) < 4.78 is 99.1. The van der Waals surface area contributed by atoms with Crippen LogP contribution in [0.25, 0.3) is 94.7 Å². The monoisotopic (exact) mass is 690 g/mol. The minimum Gasteiger partial charge on any atom is -0.456 e. The quantitative estimate of drug-likeness (QED) is 0.184. The van der Waals surface area contributed by atoms with Gasteiger partial charge in [-0.2, -0.15) is 0 Å². The molecule has 5 heteroatoms. The zero-order valence-electron chi connectivity index (χ0n) is 38.4. The maximum Gasteiger partial charge on any atom is 0.164 e. The van der Waals surface area contributed by atoms with Crippen LogP contribution in [-0.2, 0) is 5.41 Å². The van der Waals surface area contributed by atoms with Crippen molar-refractivity contribution in [1.29, 1.82) is 0 Å². The van der Waals surface area contributed by atoms with Crippen LogP contribution in [0.2, 0.25) is 0 Å². The molecular formula is C48H32N4O. The van der Waals surface area contributed by atoms with Crippen LogP contribution < -0.4 is 0 Å². The average molecular weight is 691 g/mol. The van der Waals surface area contributed by atoms with Gasteiger partial charge in [-0.05, 0) is 58.6 Å². The number of nitrogens with zero attached hydrogens (tertiary/aromatic N) is 4. The second-order valence-corrected chi connectivity index (χ2v) is 13.7. The van der Waals surface area contributed by atoms with Crippen molar-refractivity contribution in [3.63, 3.8) is 0 Å². The summed E-state index contributed by atoms with van der Waals surface area (Å²) in [5.41, 5.74) is 3.56. The molecule has 0 radical (unpaired) electrons. The average Bonchev–Trinajstić information content (AvgIpc) is 3.94. The molecule has 1 aliphatic rings. The Morgan fingerprint density at radius 2 is 1.23 bits per heavy atom. The molecule has 1 aliphatic carbocycles. The number of hydrogen-bond acceptors (Lipinski definition) is 4. The minimum absolute atomic E-state index is 0.0509. The van der Waals surface area contributed by atoms with E-state index in [1.807, 2.05) is 78.9 Å². The minimum atomic E-state index is -1.16. The molecule has 11 rings (SSSR count). The number of hydrogen-bond donors (Lipinski definition) is 0. The molecule has 0 unspecified atom stereocenters. The lowest BCUT2D eigenvalue weighted by molar-refractivity contribution is 0.661. The standard InChI is InChI=1S/C48H32N4O/c1-48(2)35-20-11-9-18-32(35)42-36(48)26-27-39-44(42)33-19-10-12-21-37(33)52(39)38-22-13-23-40-43(38)34-25-24-31(28-41(34)53-40)47-50-45(29-14-5-3-6-15-29)49-46(51-47)30-16-7-4-8-17-30/h3-28H,1-2H3/i9D,10D,11D,12D,18D,19D,20D,21D,26D,27D. The van der Waals surface area contributed by atoms with Gasteiger partial charge in [-0.15, -0.1) is 0 Å². The van der Waals surface area contributed by atoms with Crippen LogP contribution in [0.1, 0.15) is 38.7 Å². The zero-order chi connectivity index (χ0) is 44.0. The maximum absolute atomic E-state index is 9.68. The summed E-state index contributed by atoms with van der Waals surface area (Å²) in [4.78, 5) is 14.6. The molecular weight excluding hydrogens is 649 g/mol. The molecule has 3 heterocycles. The number of furan rings is 1. The fraction of sp³-hybridized carbons (Fsp3) is 0.0625. The van der Waals surface area contributed by atoms with Gasteiger partial charge >= 0.3 is 0 Å². The van der Waals surface area contributed by atoms with Crippen LogP contribution in [-0.4, -0.2) is 19.5 Å². The zero-order valence-corrected chi connectivity index (χ0v) is 28.4. The topological polar surface area (TPSA) is 56.7 Å². The van der Waals surface area contributed by atoms with E-state index in [-0.39, 0.29) is 80.3 Å². The van der Waals surface area contributed by atoms with Gasteiger partial charge in [0.1, 0.15) is 11.2 Å². The van der Waals surface area contributed by atoms with Gasteiger partial charge in [0.2, 0.25) is 0 Å². The first kappa shape index (κ1) is 21.5. The normalized spacial score (nSPS) is 15.9.